The van der Waals surface area contributed by atoms with Crippen LogP contribution >= 0.6 is 0 Å². The molecule has 1 fully saturated rings. The van der Waals surface area contributed by atoms with Gasteiger partial charge >= 0.3 is 0 Å². The van der Waals surface area contributed by atoms with E-state index in [2.05, 4.69) is 57.6 Å². The van der Waals surface area contributed by atoms with Gasteiger partial charge in [0.15, 0.2) is 0 Å². The average Bonchev–Trinajstić information content (AvgIpc) is 2.42. The van der Waals surface area contributed by atoms with E-state index in [1.165, 1.54) is 0 Å². The van der Waals surface area contributed by atoms with Gasteiger partial charge in [0.25, 0.3) is 0 Å². The predicted octanol–water partition coefficient (Wildman–Crippen LogP) is 4.52. The molecule has 1 heterocycles. The number of sulfonamides is 1. The molecule has 5 heteroatoms. The minimum absolute atomic E-state index is 0.0750. The van der Waals surface area contributed by atoms with E-state index in [1.54, 1.807) is 0 Å². The first kappa shape index (κ1) is 21.4. The van der Waals surface area contributed by atoms with E-state index in [9.17, 15) is 8.42 Å². The smallest absolute Gasteiger partial charge is 0.241 e. The lowest BCUT2D eigenvalue weighted by molar-refractivity contribution is 0.157. The van der Waals surface area contributed by atoms with Crippen LogP contribution in [0.25, 0.3) is 0 Å². The lowest BCUT2D eigenvalue weighted by Crippen LogP contribution is -2.62. The van der Waals surface area contributed by atoms with Crippen LogP contribution in [-0.4, -0.2) is 25.5 Å². The summed E-state index contributed by atoms with van der Waals surface area (Å²) in [6.07, 6.45) is 1.55. The highest BCUT2D eigenvalue weighted by molar-refractivity contribution is 7.89. The third-order valence-electron chi connectivity index (χ3n) is 5.13. The van der Waals surface area contributed by atoms with Gasteiger partial charge in [-0.3, -0.25) is 0 Å². The van der Waals surface area contributed by atoms with Crippen LogP contribution in [0.15, 0.2) is 23.1 Å². The Morgan fingerprint density at radius 2 is 1.54 bits per heavy atom. The summed E-state index contributed by atoms with van der Waals surface area (Å²) in [6.45, 7) is 16.8. The molecule has 0 aromatic heterocycles. The van der Waals surface area contributed by atoms with Crippen molar-refractivity contribution < 1.29 is 8.42 Å². The van der Waals surface area contributed by atoms with Crippen molar-refractivity contribution in [2.45, 2.75) is 102 Å². The third-order valence-corrected chi connectivity index (χ3v) is 6.70. The summed E-state index contributed by atoms with van der Waals surface area (Å²) in [5, 5.41) is 3.61. The first-order valence-corrected chi connectivity index (χ1v) is 11.2. The fourth-order valence-corrected chi connectivity index (χ4v) is 5.95. The van der Waals surface area contributed by atoms with Gasteiger partial charge in [0, 0.05) is 17.1 Å². The first-order chi connectivity index (χ1) is 11.7. The Bertz CT molecular complexity index is 733. The highest BCUT2D eigenvalue weighted by atomic mass is 32.2. The molecule has 1 aliphatic heterocycles. The van der Waals surface area contributed by atoms with Gasteiger partial charge < -0.3 is 5.32 Å². The highest BCUT2D eigenvalue weighted by Gasteiger charge is 2.39. The number of piperidine rings is 1. The van der Waals surface area contributed by atoms with Crippen molar-refractivity contribution >= 4 is 10.0 Å². The van der Waals surface area contributed by atoms with Crippen LogP contribution in [0.3, 0.4) is 0 Å². The van der Waals surface area contributed by atoms with Gasteiger partial charge in [-0.15, -0.1) is 0 Å². The maximum absolute atomic E-state index is 13.3. The Hall–Kier alpha value is -0.910. The molecule has 0 unspecified atom stereocenters. The number of hydrogen-bond donors (Lipinski definition) is 2. The Morgan fingerprint density at radius 1 is 1.00 bits per heavy atom. The van der Waals surface area contributed by atoms with Crippen LogP contribution in [0.2, 0.25) is 0 Å². The van der Waals surface area contributed by atoms with Gasteiger partial charge in [0.2, 0.25) is 10.0 Å². The standard InChI is InChI=1S/C21H36N2O2S/c1-14(2)16-9-10-18(15(3)4)19(11-16)26(24,25)22-17-12-20(5,6)23-21(7,8)13-17/h9-11,14-15,17,22-23H,12-13H2,1-8H3. The summed E-state index contributed by atoms with van der Waals surface area (Å²) in [4.78, 5) is 0.438. The summed E-state index contributed by atoms with van der Waals surface area (Å²) >= 11 is 0. The van der Waals surface area contributed by atoms with Crippen molar-refractivity contribution in [3.05, 3.63) is 29.3 Å². The minimum atomic E-state index is -3.57. The molecule has 1 saturated heterocycles. The van der Waals surface area contributed by atoms with Crippen LogP contribution in [-0.2, 0) is 10.0 Å². The van der Waals surface area contributed by atoms with Crippen LogP contribution < -0.4 is 10.0 Å². The summed E-state index contributed by atoms with van der Waals surface area (Å²) in [6, 6.07) is 5.81. The zero-order valence-electron chi connectivity index (χ0n) is 17.6. The maximum Gasteiger partial charge on any atom is 0.241 e. The van der Waals surface area contributed by atoms with Crippen molar-refractivity contribution in [2.75, 3.05) is 0 Å². The molecule has 0 saturated carbocycles. The predicted molar refractivity (Wildman–Crippen MR) is 109 cm³/mol. The van der Waals surface area contributed by atoms with Gasteiger partial charge in [-0.2, -0.15) is 0 Å². The maximum atomic E-state index is 13.3. The molecular weight excluding hydrogens is 344 g/mol. The molecule has 1 aromatic carbocycles. The Labute approximate surface area is 160 Å². The van der Waals surface area contributed by atoms with Crippen molar-refractivity contribution in [1.82, 2.24) is 10.0 Å². The second-order valence-electron chi connectivity index (χ2n) is 9.73. The van der Waals surface area contributed by atoms with Gasteiger partial charge in [0.1, 0.15) is 0 Å². The molecule has 2 rings (SSSR count). The molecule has 0 atom stereocenters. The van der Waals surface area contributed by atoms with E-state index in [0.717, 1.165) is 24.0 Å². The van der Waals surface area contributed by atoms with Gasteiger partial charge in [-0.1, -0.05) is 39.8 Å². The highest BCUT2D eigenvalue weighted by Crippen LogP contribution is 2.32. The summed E-state index contributed by atoms with van der Waals surface area (Å²) in [7, 11) is -3.57. The van der Waals surface area contributed by atoms with Crippen LogP contribution in [0.1, 0.15) is 91.2 Å². The Kier molecular flexibility index (Phi) is 5.96. The van der Waals surface area contributed by atoms with E-state index in [1.807, 2.05) is 26.0 Å². The Morgan fingerprint density at radius 3 is 2.00 bits per heavy atom. The summed E-state index contributed by atoms with van der Waals surface area (Å²) in [5.74, 6) is 0.450. The lowest BCUT2D eigenvalue weighted by Gasteiger charge is -2.46. The molecular formula is C21H36N2O2S. The molecule has 0 amide bonds. The molecule has 1 aliphatic rings. The molecule has 1 aromatic rings. The van der Waals surface area contributed by atoms with Gasteiger partial charge in [-0.05, 0) is 69.6 Å². The molecule has 2 N–H and O–H groups in total. The zero-order chi connectivity index (χ0) is 19.9. The first-order valence-electron chi connectivity index (χ1n) is 9.68. The molecule has 148 valence electrons. The second kappa shape index (κ2) is 7.25. The lowest BCUT2D eigenvalue weighted by atomic mass is 9.80. The number of benzene rings is 1. The number of rotatable bonds is 5. The molecule has 26 heavy (non-hydrogen) atoms. The SMILES string of the molecule is CC(C)c1ccc(C(C)C)c(S(=O)(=O)NC2CC(C)(C)NC(C)(C)C2)c1. The summed E-state index contributed by atoms with van der Waals surface area (Å²) in [5.41, 5.74) is 1.74. The van der Waals surface area contributed by atoms with Crippen LogP contribution in [0.4, 0.5) is 0 Å². The monoisotopic (exact) mass is 380 g/mol. The molecule has 0 aliphatic carbocycles. The molecule has 0 radical (unpaired) electrons. The van der Waals surface area contributed by atoms with Gasteiger partial charge in [0.05, 0.1) is 4.90 Å². The van der Waals surface area contributed by atoms with E-state index in [4.69, 9.17) is 0 Å². The van der Waals surface area contributed by atoms with Crippen molar-refractivity contribution in [2.24, 2.45) is 0 Å². The van der Waals surface area contributed by atoms with Crippen LogP contribution in [0, 0.1) is 0 Å². The van der Waals surface area contributed by atoms with E-state index in [0.29, 0.717) is 10.8 Å². The number of nitrogens with one attached hydrogen (secondary N) is 2. The largest absolute Gasteiger partial charge is 0.307 e. The molecule has 0 spiro atoms. The molecule has 0 bridgehead atoms. The van der Waals surface area contributed by atoms with Crippen molar-refractivity contribution in [3.63, 3.8) is 0 Å². The van der Waals surface area contributed by atoms with Crippen molar-refractivity contribution in [3.8, 4) is 0 Å². The normalized spacial score (nSPS) is 20.7. The van der Waals surface area contributed by atoms with E-state index < -0.39 is 10.0 Å². The molecule has 4 nitrogen and oxygen atoms in total. The Balaban J connectivity index is 2.39. The van der Waals surface area contributed by atoms with Crippen LogP contribution in [0.5, 0.6) is 0 Å². The fraction of sp³-hybridized carbons (Fsp3) is 0.714. The average molecular weight is 381 g/mol. The van der Waals surface area contributed by atoms with Crippen molar-refractivity contribution in [1.29, 1.82) is 0 Å². The van der Waals surface area contributed by atoms with E-state index >= 15 is 0 Å². The second-order valence-corrected chi connectivity index (χ2v) is 11.4. The fourth-order valence-electron chi connectivity index (χ4n) is 4.31. The number of hydrogen-bond acceptors (Lipinski definition) is 3. The third kappa shape index (κ3) is 5.08. The quantitative estimate of drug-likeness (QED) is 0.789. The topological polar surface area (TPSA) is 58.2 Å². The van der Waals surface area contributed by atoms with Gasteiger partial charge in [-0.25, -0.2) is 13.1 Å². The summed E-state index contributed by atoms with van der Waals surface area (Å²) < 4.78 is 29.6. The zero-order valence-corrected chi connectivity index (χ0v) is 18.4. The minimum Gasteiger partial charge on any atom is -0.307 e. The van der Waals surface area contributed by atoms with E-state index in [-0.39, 0.29) is 23.0 Å².